The van der Waals surface area contributed by atoms with Crippen LogP contribution in [0.3, 0.4) is 0 Å². The van der Waals surface area contributed by atoms with Crippen molar-refractivity contribution in [1.29, 1.82) is 0 Å². The Balaban J connectivity index is 2.11. The predicted octanol–water partition coefficient (Wildman–Crippen LogP) is 5.41. The molecule has 0 saturated heterocycles. The Kier molecular flexibility index (Phi) is 2.98. The summed E-state index contributed by atoms with van der Waals surface area (Å²) < 4.78 is 0. The third-order valence-corrected chi connectivity index (χ3v) is 4.20. The van der Waals surface area contributed by atoms with Crippen LogP contribution < -0.4 is 0 Å². The topological polar surface area (TPSA) is 33.1 Å². The molecule has 106 valence electrons. The minimum absolute atomic E-state index is 0.214. The van der Waals surface area contributed by atoms with Crippen LogP contribution in [0.2, 0.25) is 5.02 Å². The van der Waals surface area contributed by atoms with Gasteiger partial charge >= 0.3 is 0 Å². The minimum Gasteiger partial charge on any atom is -0.507 e. The zero-order valence-electron chi connectivity index (χ0n) is 11.6. The number of para-hydroxylation sites is 1. The van der Waals surface area contributed by atoms with Crippen LogP contribution in [-0.2, 0) is 0 Å². The summed E-state index contributed by atoms with van der Waals surface area (Å²) in [6, 6.07) is 19.3. The summed E-state index contributed by atoms with van der Waals surface area (Å²) in [5.74, 6) is 0.214. The van der Waals surface area contributed by atoms with Crippen LogP contribution in [0.15, 0.2) is 66.9 Å². The van der Waals surface area contributed by atoms with Gasteiger partial charge in [0.25, 0.3) is 0 Å². The number of aromatic hydroxyl groups is 1. The van der Waals surface area contributed by atoms with Gasteiger partial charge in [-0.15, -0.1) is 0 Å². The van der Waals surface area contributed by atoms with E-state index in [0.717, 1.165) is 32.8 Å². The molecule has 0 atom stereocenters. The largest absolute Gasteiger partial charge is 0.507 e. The molecule has 2 nitrogen and oxygen atoms in total. The maximum Gasteiger partial charge on any atom is 0.125 e. The van der Waals surface area contributed by atoms with Crippen LogP contribution in [0.25, 0.3) is 32.8 Å². The number of rotatable bonds is 1. The second-order valence-electron chi connectivity index (χ2n) is 5.21. The van der Waals surface area contributed by atoms with E-state index in [9.17, 15) is 5.11 Å². The molecule has 1 aromatic heterocycles. The van der Waals surface area contributed by atoms with Crippen molar-refractivity contribution in [2.75, 3.05) is 0 Å². The molecule has 0 bridgehead atoms. The van der Waals surface area contributed by atoms with Crippen LogP contribution in [-0.4, -0.2) is 10.1 Å². The maximum absolute atomic E-state index is 10.4. The number of pyridine rings is 1. The molecule has 22 heavy (non-hydrogen) atoms. The van der Waals surface area contributed by atoms with E-state index in [1.165, 1.54) is 0 Å². The zero-order chi connectivity index (χ0) is 15.1. The fourth-order valence-electron chi connectivity index (χ4n) is 2.80. The van der Waals surface area contributed by atoms with Gasteiger partial charge in [-0.05, 0) is 35.2 Å². The number of benzene rings is 3. The summed E-state index contributed by atoms with van der Waals surface area (Å²) in [5, 5.41) is 13.8. The average molecular weight is 306 g/mol. The molecule has 1 heterocycles. The number of fused-ring (bicyclic) bond motifs is 3. The molecular formula is C19H12ClNO. The number of phenols is 1. The van der Waals surface area contributed by atoms with E-state index in [2.05, 4.69) is 11.1 Å². The van der Waals surface area contributed by atoms with Crippen molar-refractivity contribution in [2.24, 2.45) is 0 Å². The number of aromatic nitrogens is 1. The Labute approximate surface area is 132 Å². The Morgan fingerprint density at radius 1 is 0.818 bits per heavy atom. The van der Waals surface area contributed by atoms with E-state index in [0.29, 0.717) is 5.02 Å². The second-order valence-corrected chi connectivity index (χ2v) is 5.62. The van der Waals surface area contributed by atoms with Gasteiger partial charge in [0.1, 0.15) is 5.75 Å². The monoisotopic (exact) mass is 305 g/mol. The summed E-state index contributed by atoms with van der Waals surface area (Å²) in [4.78, 5) is 4.40. The molecule has 0 aliphatic heterocycles. The molecule has 1 N–H and O–H groups in total. The van der Waals surface area contributed by atoms with Crippen LogP contribution in [0, 0.1) is 0 Å². The Morgan fingerprint density at radius 2 is 1.59 bits per heavy atom. The first kappa shape index (κ1) is 13.1. The molecule has 0 spiro atoms. The van der Waals surface area contributed by atoms with E-state index in [4.69, 9.17) is 11.6 Å². The number of nitrogens with zero attached hydrogens (tertiary/aromatic N) is 1. The van der Waals surface area contributed by atoms with Crippen molar-refractivity contribution in [2.45, 2.75) is 0 Å². The van der Waals surface area contributed by atoms with Gasteiger partial charge < -0.3 is 5.11 Å². The molecular weight excluding hydrogens is 294 g/mol. The van der Waals surface area contributed by atoms with Crippen molar-refractivity contribution in [3.05, 3.63) is 71.9 Å². The lowest BCUT2D eigenvalue weighted by molar-refractivity contribution is 0.482. The molecule has 4 rings (SSSR count). The Bertz CT molecular complexity index is 1010. The first-order valence-electron chi connectivity index (χ1n) is 6.99. The summed E-state index contributed by atoms with van der Waals surface area (Å²) in [5.41, 5.74) is 2.71. The highest BCUT2D eigenvalue weighted by Crippen LogP contribution is 2.36. The van der Waals surface area contributed by atoms with Gasteiger partial charge in [0.15, 0.2) is 0 Å². The highest BCUT2D eigenvalue weighted by molar-refractivity contribution is 6.33. The smallest absolute Gasteiger partial charge is 0.125 e. The fraction of sp³-hybridized carbons (Fsp3) is 0. The van der Waals surface area contributed by atoms with Crippen molar-refractivity contribution >= 4 is 33.3 Å². The average Bonchev–Trinajstić information content (AvgIpc) is 2.55. The SMILES string of the molecule is Oc1cc(-c2ccccc2Cl)cc2c1cnc1ccccc12. The zero-order valence-corrected chi connectivity index (χ0v) is 12.4. The van der Waals surface area contributed by atoms with E-state index in [1.807, 2.05) is 48.5 Å². The predicted molar refractivity (Wildman–Crippen MR) is 91.4 cm³/mol. The first-order chi connectivity index (χ1) is 10.7. The van der Waals surface area contributed by atoms with Gasteiger partial charge in [0.2, 0.25) is 0 Å². The molecule has 0 fully saturated rings. The summed E-state index contributed by atoms with van der Waals surface area (Å²) in [6.07, 6.45) is 1.71. The van der Waals surface area contributed by atoms with Crippen LogP contribution >= 0.6 is 11.6 Å². The lowest BCUT2D eigenvalue weighted by atomic mass is 9.99. The van der Waals surface area contributed by atoms with Gasteiger partial charge in [-0.1, -0.05) is 48.0 Å². The molecule has 0 amide bonds. The molecule has 0 aliphatic carbocycles. The number of hydrogen-bond donors (Lipinski definition) is 1. The molecule has 4 aromatic rings. The van der Waals surface area contributed by atoms with E-state index in [1.54, 1.807) is 12.3 Å². The van der Waals surface area contributed by atoms with E-state index < -0.39 is 0 Å². The van der Waals surface area contributed by atoms with Gasteiger partial charge in [0, 0.05) is 27.6 Å². The molecule has 0 unspecified atom stereocenters. The second kappa shape index (κ2) is 5.00. The van der Waals surface area contributed by atoms with E-state index >= 15 is 0 Å². The number of halogens is 1. The van der Waals surface area contributed by atoms with Crippen molar-refractivity contribution in [1.82, 2.24) is 4.98 Å². The van der Waals surface area contributed by atoms with Crippen molar-refractivity contribution in [3.63, 3.8) is 0 Å². The maximum atomic E-state index is 10.4. The third kappa shape index (κ3) is 2.00. The standard InChI is InChI=1S/C19H12ClNO/c20-17-7-3-1-5-13(17)12-9-15-14-6-2-4-8-18(14)21-11-16(15)19(22)10-12/h1-11,22H. The Morgan fingerprint density at radius 3 is 2.45 bits per heavy atom. The fourth-order valence-corrected chi connectivity index (χ4v) is 3.04. The minimum atomic E-state index is 0.214. The molecule has 0 saturated carbocycles. The van der Waals surface area contributed by atoms with Crippen molar-refractivity contribution < 1.29 is 5.11 Å². The third-order valence-electron chi connectivity index (χ3n) is 3.87. The van der Waals surface area contributed by atoms with Crippen LogP contribution in [0.4, 0.5) is 0 Å². The highest BCUT2D eigenvalue weighted by atomic mass is 35.5. The van der Waals surface area contributed by atoms with Gasteiger partial charge in [-0.2, -0.15) is 0 Å². The Hall–Kier alpha value is -2.58. The van der Waals surface area contributed by atoms with E-state index in [-0.39, 0.29) is 5.75 Å². The number of hydrogen-bond acceptors (Lipinski definition) is 2. The molecule has 0 radical (unpaired) electrons. The van der Waals surface area contributed by atoms with Gasteiger partial charge in [-0.3, -0.25) is 4.98 Å². The normalized spacial score (nSPS) is 11.1. The lowest BCUT2D eigenvalue weighted by Gasteiger charge is -2.10. The quantitative estimate of drug-likeness (QED) is 0.477. The highest BCUT2D eigenvalue weighted by Gasteiger charge is 2.10. The first-order valence-corrected chi connectivity index (χ1v) is 7.37. The van der Waals surface area contributed by atoms with Gasteiger partial charge in [-0.25, -0.2) is 0 Å². The molecule has 3 aromatic carbocycles. The molecule has 3 heteroatoms. The van der Waals surface area contributed by atoms with Gasteiger partial charge in [0.05, 0.1) is 5.52 Å². The van der Waals surface area contributed by atoms with Crippen LogP contribution in [0.5, 0.6) is 5.75 Å². The molecule has 0 aliphatic rings. The van der Waals surface area contributed by atoms with Crippen molar-refractivity contribution in [3.8, 4) is 16.9 Å². The summed E-state index contributed by atoms with van der Waals surface area (Å²) in [7, 11) is 0. The number of phenolic OH excluding ortho intramolecular Hbond substituents is 1. The summed E-state index contributed by atoms with van der Waals surface area (Å²) in [6.45, 7) is 0. The summed E-state index contributed by atoms with van der Waals surface area (Å²) >= 11 is 6.29. The lowest BCUT2D eigenvalue weighted by Crippen LogP contribution is -1.85. The van der Waals surface area contributed by atoms with Crippen LogP contribution in [0.1, 0.15) is 0 Å².